The Balaban J connectivity index is 1.65. The molecule has 2 N–H and O–H groups in total. The molecule has 1 aliphatic carbocycles. The van der Waals surface area contributed by atoms with Crippen molar-refractivity contribution in [2.45, 2.75) is 18.9 Å². The minimum absolute atomic E-state index is 0.243. The average Bonchev–Trinajstić information content (AvgIpc) is 3.25. The van der Waals surface area contributed by atoms with Crippen LogP contribution in [0.3, 0.4) is 0 Å². The van der Waals surface area contributed by atoms with Crippen molar-refractivity contribution in [2.75, 3.05) is 10.6 Å². The van der Waals surface area contributed by atoms with Gasteiger partial charge in [-0.3, -0.25) is 4.79 Å². The molecule has 1 heterocycles. The van der Waals surface area contributed by atoms with Crippen LogP contribution in [0.15, 0.2) is 36.4 Å². The van der Waals surface area contributed by atoms with Crippen LogP contribution in [0.1, 0.15) is 23.2 Å². The van der Waals surface area contributed by atoms with Gasteiger partial charge in [-0.05, 0) is 43.2 Å². The average molecular weight is 272 g/mol. The van der Waals surface area contributed by atoms with Crippen LogP contribution in [0.5, 0.6) is 0 Å². The van der Waals surface area contributed by atoms with Crippen LogP contribution in [0.4, 0.5) is 16.0 Å². The van der Waals surface area contributed by atoms with E-state index in [4.69, 9.17) is 0 Å². The van der Waals surface area contributed by atoms with Gasteiger partial charge in [-0.15, -0.1) is 10.2 Å². The van der Waals surface area contributed by atoms with E-state index in [1.54, 1.807) is 12.1 Å². The minimum Gasteiger partial charge on any atom is -0.366 e. The van der Waals surface area contributed by atoms with Gasteiger partial charge in [-0.25, -0.2) is 4.39 Å². The molecule has 0 aliphatic heterocycles. The number of carbonyl (C=O) groups excluding carboxylic acids is 1. The molecule has 102 valence electrons. The predicted molar refractivity (Wildman–Crippen MR) is 73.0 cm³/mol. The maximum Gasteiger partial charge on any atom is 0.256 e. The van der Waals surface area contributed by atoms with Crippen LogP contribution in [0.2, 0.25) is 0 Å². The van der Waals surface area contributed by atoms with Crippen LogP contribution in [-0.4, -0.2) is 22.1 Å². The van der Waals surface area contributed by atoms with Gasteiger partial charge in [0.15, 0.2) is 5.82 Å². The second-order valence-electron chi connectivity index (χ2n) is 4.69. The number of nitrogens with zero attached hydrogens (tertiary/aromatic N) is 2. The standard InChI is InChI=1S/C14H13FN4O/c15-10-3-1-2-9(8-10)14(20)17-13-7-6-12(18-19-13)16-11-4-5-11/h1-3,6-8,11H,4-5H2,(H,16,18)(H,17,19,20). The van der Waals surface area contributed by atoms with E-state index in [1.165, 1.54) is 24.3 Å². The molecule has 1 amide bonds. The number of aromatic nitrogens is 2. The van der Waals surface area contributed by atoms with E-state index < -0.39 is 11.7 Å². The van der Waals surface area contributed by atoms with Gasteiger partial charge < -0.3 is 10.6 Å². The van der Waals surface area contributed by atoms with Crippen molar-refractivity contribution in [3.8, 4) is 0 Å². The lowest BCUT2D eigenvalue weighted by atomic mass is 10.2. The molecule has 0 saturated heterocycles. The molecule has 3 rings (SSSR count). The maximum atomic E-state index is 13.0. The Morgan fingerprint density at radius 1 is 1.15 bits per heavy atom. The summed E-state index contributed by atoms with van der Waals surface area (Å²) in [6, 6.07) is 9.40. The molecule has 1 aromatic carbocycles. The molecule has 0 bridgehead atoms. The number of anilines is 2. The Kier molecular flexibility index (Phi) is 3.28. The van der Waals surface area contributed by atoms with Crippen molar-refractivity contribution >= 4 is 17.5 Å². The van der Waals surface area contributed by atoms with Gasteiger partial charge in [0.25, 0.3) is 5.91 Å². The fraction of sp³-hybridized carbons (Fsp3) is 0.214. The molecular formula is C14H13FN4O. The van der Waals surface area contributed by atoms with Crippen molar-refractivity contribution in [3.63, 3.8) is 0 Å². The van der Waals surface area contributed by atoms with Gasteiger partial charge in [-0.1, -0.05) is 6.07 Å². The Morgan fingerprint density at radius 2 is 1.90 bits per heavy atom. The summed E-state index contributed by atoms with van der Waals surface area (Å²) >= 11 is 0. The van der Waals surface area contributed by atoms with E-state index in [2.05, 4.69) is 20.8 Å². The summed E-state index contributed by atoms with van der Waals surface area (Å²) in [6.45, 7) is 0. The predicted octanol–water partition coefficient (Wildman–Crippen LogP) is 2.44. The number of carbonyl (C=O) groups is 1. The van der Waals surface area contributed by atoms with E-state index >= 15 is 0 Å². The number of nitrogens with one attached hydrogen (secondary N) is 2. The normalized spacial score (nSPS) is 13.8. The summed E-state index contributed by atoms with van der Waals surface area (Å²) in [7, 11) is 0. The maximum absolute atomic E-state index is 13.0. The zero-order chi connectivity index (χ0) is 13.9. The van der Waals surface area contributed by atoms with Crippen molar-refractivity contribution in [3.05, 3.63) is 47.8 Å². The second kappa shape index (κ2) is 5.24. The van der Waals surface area contributed by atoms with E-state index in [9.17, 15) is 9.18 Å². The number of benzene rings is 1. The minimum atomic E-state index is -0.451. The van der Waals surface area contributed by atoms with Gasteiger partial charge in [0, 0.05) is 11.6 Å². The van der Waals surface area contributed by atoms with E-state index in [-0.39, 0.29) is 5.56 Å². The van der Waals surface area contributed by atoms with Crippen molar-refractivity contribution in [1.82, 2.24) is 10.2 Å². The number of hydrogen-bond acceptors (Lipinski definition) is 4. The molecule has 20 heavy (non-hydrogen) atoms. The summed E-state index contributed by atoms with van der Waals surface area (Å²) in [5, 5.41) is 13.7. The highest BCUT2D eigenvalue weighted by Crippen LogP contribution is 2.23. The lowest BCUT2D eigenvalue weighted by Crippen LogP contribution is -2.14. The number of rotatable bonds is 4. The van der Waals surface area contributed by atoms with Gasteiger partial charge in [0.05, 0.1) is 0 Å². The molecule has 0 atom stereocenters. The molecule has 6 heteroatoms. The molecule has 0 radical (unpaired) electrons. The van der Waals surface area contributed by atoms with Crippen molar-refractivity contribution in [2.24, 2.45) is 0 Å². The zero-order valence-electron chi connectivity index (χ0n) is 10.6. The summed E-state index contributed by atoms with van der Waals surface area (Å²) in [5.74, 6) is 0.159. The van der Waals surface area contributed by atoms with E-state index in [0.717, 1.165) is 12.8 Å². The first-order valence-corrected chi connectivity index (χ1v) is 6.38. The summed E-state index contributed by atoms with van der Waals surface area (Å²) in [4.78, 5) is 11.9. The fourth-order valence-corrected chi connectivity index (χ4v) is 1.73. The highest BCUT2D eigenvalue weighted by atomic mass is 19.1. The number of amides is 1. The molecular weight excluding hydrogens is 259 g/mol. The smallest absolute Gasteiger partial charge is 0.256 e. The quantitative estimate of drug-likeness (QED) is 0.897. The topological polar surface area (TPSA) is 66.9 Å². The molecule has 0 unspecified atom stereocenters. The molecule has 5 nitrogen and oxygen atoms in total. The number of halogens is 1. The molecule has 0 spiro atoms. The second-order valence-corrected chi connectivity index (χ2v) is 4.69. The van der Waals surface area contributed by atoms with E-state index in [1.807, 2.05) is 0 Å². The van der Waals surface area contributed by atoms with Gasteiger partial charge in [0.1, 0.15) is 11.6 Å². The van der Waals surface area contributed by atoms with E-state index in [0.29, 0.717) is 17.7 Å². The van der Waals surface area contributed by atoms with Crippen LogP contribution in [0.25, 0.3) is 0 Å². The third-order valence-corrected chi connectivity index (χ3v) is 2.92. The van der Waals surface area contributed by atoms with Crippen LogP contribution in [0, 0.1) is 5.82 Å². The summed E-state index contributed by atoms with van der Waals surface area (Å²) < 4.78 is 13.0. The van der Waals surface area contributed by atoms with Gasteiger partial charge in [-0.2, -0.15) is 0 Å². The zero-order valence-corrected chi connectivity index (χ0v) is 10.6. The molecule has 1 fully saturated rings. The molecule has 2 aromatic rings. The Bertz CT molecular complexity index is 625. The van der Waals surface area contributed by atoms with Gasteiger partial charge >= 0.3 is 0 Å². The summed E-state index contributed by atoms with van der Waals surface area (Å²) in [5.41, 5.74) is 0.243. The Hall–Kier alpha value is -2.50. The van der Waals surface area contributed by atoms with Crippen LogP contribution in [-0.2, 0) is 0 Å². The third kappa shape index (κ3) is 3.09. The SMILES string of the molecule is O=C(Nc1ccc(NC2CC2)nn1)c1cccc(F)c1. The fourth-order valence-electron chi connectivity index (χ4n) is 1.73. The van der Waals surface area contributed by atoms with Crippen LogP contribution < -0.4 is 10.6 Å². The Morgan fingerprint density at radius 3 is 2.55 bits per heavy atom. The summed E-state index contributed by atoms with van der Waals surface area (Å²) in [6.07, 6.45) is 2.31. The first-order chi connectivity index (χ1) is 9.70. The highest BCUT2D eigenvalue weighted by Gasteiger charge is 2.21. The third-order valence-electron chi connectivity index (χ3n) is 2.92. The lowest BCUT2D eigenvalue weighted by Gasteiger charge is -2.05. The molecule has 1 saturated carbocycles. The monoisotopic (exact) mass is 272 g/mol. The molecule has 1 aliphatic rings. The lowest BCUT2D eigenvalue weighted by molar-refractivity contribution is 0.102. The largest absolute Gasteiger partial charge is 0.366 e. The Labute approximate surface area is 115 Å². The van der Waals surface area contributed by atoms with Crippen molar-refractivity contribution < 1.29 is 9.18 Å². The number of hydrogen-bond donors (Lipinski definition) is 2. The first-order valence-electron chi connectivity index (χ1n) is 6.38. The van der Waals surface area contributed by atoms with Gasteiger partial charge in [0.2, 0.25) is 0 Å². The molecule has 1 aromatic heterocycles. The highest BCUT2D eigenvalue weighted by molar-refractivity contribution is 6.03. The first kappa shape index (κ1) is 12.5. The van der Waals surface area contributed by atoms with Crippen molar-refractivity contribution in [1.29, 1.82) is 0 Å². The van der Waals surface area contributed by atoms with Crippen LogP contribution >= 0.6 is 0 Å².